The third kappa shape index (κ3) is 2.49. The van der Waals surface area contributed by atoms with Crippen LogP contribution >= 0.6 is 0 Å². The number of rotatable bonds is 3. The Morgan fingerprint density at radius 3 is 2.15 bits per heavy atom. The lowest BCUT2D eigenvalue weighted by molar-refractivity contribution is -0.156. The molecule has 0 spiro atoms. The van der Waals surface area contributed by atoms with Gasteiger partial charge < -0.3 is 4.74 Å². The van der Waals surface area contributed by atoms with Crippen molar-refractivity contribution in [2.45, 2.75) is 33.1 Å². The Labute approximate surface area is 158 Å². The summed E-state index contributed by atoms with van der Waals surface area (Å²) in [5.41, 5.74) is 1.22. The number of carbonyl (C=O) groups excluding carboxylic acids is 2. The van der Waals surface area contributed by atoms with Crippen LogP contribution in [0.2, 0.25) is 0 Å². The van der Waals surface area contributed by atoms with Crippen molar-refractivity contribution in [2.75, 3.05) is 0 Å². The van der Waals surface area contributed by atoms with Crippen LogP contribution in [0.4, 0.5) is 0 Å². The number of ether oxygens (including phenoxy) is 1. The van der Waals surface area contributed by atoms with Gasteiger partial charge in [0.25, 0.3) is 0 Å². The van der Waals surface area contributed by atoms with E-state index in [1.54, 1.807) is 24.3 Å². The second kappa shape index (κ2) is 6.06. The number of nitrogens with zero attached hydrogens (tertiary/aromatic N) is 1. The summed E-state index contributed by atoms with van der Waals surface area (Å²) in [5, 5.41) is 8.89. The summed E-state index contributed by atoms with van der Waals surface area (Å²) in [6.07, 6.45) is 1.98. The molecule has 0 radical (unpaired) electrons. The zero-order chi connectivity index (χ0) is 19.2. The molecule has 0 saturated heterocycles. The molecule has 2 unspecified atom stereocenters. The number of Topliss-reactive ketones (excluding diaryl/α,β-unsaturated/α-hetero) is 1. The fraction of sp³-hybridized carbons (Fsp3) is 0.348. The molecule has 0 heterocycles. The average molecular weight is 359 g/mol. The summed E-state index contributed by atoms with van der Waals surface area (Å²) >= 11 is 0. The Hall–Kier alpha value is -2.93. The molecule has 0 N–H and O–H groups in total. The topological polar surface area (TPSA) is 67.2 Å². The maximum Gasteiger partial charge on any atom is 0.325 e. The summed E-state index contributed by atoms with van der Waals surface area (Å²) in [4.78, 5) is 25.5. The quantitative estimate of drug-likeness (QED) is 0.459. The smallest absolute Gasteiger partial charge is 0.325 e. The minimum absolute atomic E-state index is 0.0305. The van der Waals surface area contributed by atoms with Crippen molar-refractivity contribution >= 4 is 11.8 Å². The highest BCUT2D eigenvalue weighted by atomic mass is 16.5. The largest absolute Gasteiger partial charge is 0.426 e. The summed E-state index contributed by atoms with van der Waals surface area (Å²) < 4.78 is 5.65. The molecule has 0 amide bonds. The first-order chi connectivity index (χ1) is 12.9. The second-order valence-electron chi connectivity index (χ2n) is 8.09. The van der Waals surface area contributed by atoms with Crippen LogP contribution < -0.4 is 4.74 Å². The monoisotopic (exact) mass is 359 g/mol. The molecule has 0 aliphatic heterocycles. The Kier molecular flexibility index (Phi) is 3.92. The van der Waals surface area contributed by atoms with Crippen LogP contribution in [0, 0.1) is 28.1 Å². The summed E-state index contributed by atoms with van der Waals surface area (Å²) in [5.74, 6) is 0.341. The summed E-state index contributed by atoms with van der Waals surface area (Å²) in [6.45, 7) is 4.04. The number of carbonyl (C=O) groups is 2. The van der Waals surface area contributed by atoms with Crippen molar-refractivity contribution in [3.63, 3.8) is 0 Å². The first-order valence-electron chi connectivity index (χ1n) is 9.25. The van der Waals surface area contributed by atoms with Crippen LogP contribution in [0.25, 0.3) is 11.1 Å². The third-order valence-electron chi connectivity index (χ3n) is 6.66. The lowest BCUT2D eigenvalue weighted by Gasteiger charge is -2.33. The number of hydrogen-bond donors (Lipinski definition) is 0. The molecule has 4 rings (SSSR count). The van der Waals surface area contributed by atoms with Crippen LogP contribution in [0.5, 0.6) is 5.75 Å². The Bertz CT molecular complexity index is 951. The SMILES string of the molecule is CC1(C)C2CCC1(C(=O)Oc1ccc(-c3ccc(C#N)cc3)cc1)C(=O)C2. The van der Waals surface area contributed by atoms with Gasteiger partial charge in [-0.3, -0.25) is 9.59 Å². The maximum atomic E-state index is 13.0. The van der Waals surface area contributed by atoms with Crippen molar-refractivity contribution in [2.24, 2.45) is 16.7 Å². The van der Waals surface area contributed by atoms with E-state index in [0.29, 0.717) is 24.2 Å². The van der Waals surface area contributed by atoms with Crippen LogP contribution in [0.1, 0.15) is 38.7 Å². The van der Waals surface area contributed by atoms with Crippen LogP contribution in [0.15, 0.2) is 48.5 Å². The molecule has 27 heavy (non-hydrogen) atoms. The predicted molar refractivity (Wildman–Crippen MR) is 101 cm³/mol. The van der Waals surface area contributed by atoms with E-state index < -0.39 is 11.4 Å². The maximum absolute atomic E-state index is 13.0. The number of nitriles is 1. The van der Waals surface area contributed by atoms with Gasteiger partial charge in [-0.05, 0) is 59.6 Å². The highest BCUT2D eigenvalue weighted by molar-refractivity contribution is 6.08. The second-order valence-corrected chi connectivity index (χ2v) is 8.09. The number of fused-ring (bicyclic) bond motifs is 2. The van der Waals surface area contributed by atoms with Crippen LogP contribution in [0.3, 0.4) is 0 Å². The van der Waals surface area contributed by atoms with E-state index in [2.05, 4.69) is 6.07 Å². The molecule has 2 aliphatic rings. The molecule has 136 valence electrons. The molecule has 2 aliphatic carbocycles. The molecule has 2 fully saturated rings. The Balaban J connectivity index is 1.54. The van der Waals surface area contributed by atoms with E-state index >= 15 is 0 Å². The zero-order valence-corrected chi connectivity index (χ0v) is 15.5. The van der Waals surface area contributed by atoms with E-state index in [1.807, 2.05) is 38.1 Å². The van der Waals surface area contributed by atoms with E-state index in [1.165, 1.54) is 0 Å². The van der Waals surface area contributed by atoms with E-state index in [-0.39, 0.29) is 17.1 Å². The first kappa shape index (κ1) is 17.5. The molecule has 2 saturated carbocycles. The van der Waals surface area contributed by atoms with Crippen molar-refractivity contribution in [1.82, 2.24) is 0 Å². The van der Waals surface area contributed by atoms with Gasteiger partial charge in [0.1, 0.15) is 11.2 Å². The predicted octanol–water partition coefficient (Wildman–Crippen LogP) is 4.53. The van der Waals surface area contributed by atoms with Crippen LogP contribution in [-0.2, 0) is 9.59 Å². The lowest BCUT2D eigenvalue weighted by Crippen LogP contribution is -2.45. The molecular formula is C23H21NO3. The van der Waals surface area contributed by atoms with Gasteiger partial charge in [-0.15, -0.1) is 0 Å². The molecule has 2 atom stereocenters. The van der Waals surface area contributed by atoms with E-state index in [9.17, 15) is 9.59 Å². The molecular weight excluding hydrogens is 338 g/mol. The van der Waals surface area contributed by atoms with Gasteiger partial charge in [0.15, 0.2) is 5.78 Å². The molecule has 4 nitrogen and oxygen atoms in total. The van der Waals surface area contributed by atoms with Crippen LogP contribution in [-0.4, -0.2) is 11.8 Å². The minimum atomic E-state index is -0.997. The molecule has 2 bridgehead atoms. The van der Waals surface area contributed by atoms with Gasteiger partial charge >= 0.3 is 5.97 Å². The fourth-order valence-corrected chi connectivity index (χ4v) is 4.80. The van der Waals surface area contributed by atoms with E-state index in [0.717, 1.165) is 17.5 Å². The van der Waals surface area contributed by atoms with Gasteiger partial charge in [0.2, 0.25) is 0 Å². The van der Waals surface area contributed by atoms with Crippen molar-refractivity contribution in [3.05, 3.63) is 54.1 Å². The number of esters is 1. The van der Waals surface area contributed by atoms with Crippen molar-refractivity contribution in [1.29, 1.82) is 5.26 Å². The highest BCUT2D eigenvalue weighted by Gasteiger charge is 2.69. The van der Waals surface area contributed by atoms with Gasteiger partial charge in [0.05, 0.1) is 11.6 Å². The third-order valence-corrected chi connectivity index (χ3v) is 6.66. The number of hydrogen-bond acceptors (Lipinski definition) is 4. The first-order valence-corrected chi connectivity index (χ1v) is 9.25. The standard InChI is InChI=1S/C23H21NO3/c1-22(2)18-11-12-23(22,20(25)13-18)21(26)27-19-9-7-17(8-10-19)16-5-3-15(14-24)4-6-16/h3-10,18H,11-13H2,1-2H3. The normalized spacial score (nSPS) is 25.2. The van der Waals surface area contributed by atoms with Crippen molar-refractivity contribution in [3.8, 4) is 22.9 Å². The van der Waals surface area contributed by atoms with Gasteiger partial charge in [-0.25, -0.2) is 0 Å². The minimum Gasteiger partial charge on any atom is -0.426 e. The highest BCUT2D eigenvalue weighted by Crippen LogP contribution is 2.64. The lowest BCUT2D eigenvalue weighted by atomic mass is 9.69. The average Bonchev–Trinajstić information content (AvgIpc) is 3.04. The van der Waals surface area contributed by atoms with Gasteiger partial charge in [0, 0.05) is 6.42 Å². The van der Waals surface area contributed by atoms with E-state index in [4.69, 9.17) is 10.00 Å². The fourth-order valence-electron chi connectivity index (χ4n) is 4.80. The number of benzene rings is 2. The number of ketones is 1. The molecule has 0 aromatic heterocycles. The zero-order valence-electron chi connectivity index (χ0n) is 15.5. The van der Waals surface area contributed by atoms with Gasteiger partial charge in [-0.1, -0.05) is 38.1 Å². The molecule has 2 aromatic carbocycles. The Morgan fingerprint density at radius 1 is 1.07 bits per heavy atom. The summed E-state index contributed by atoms with van der Waals surface area (Å²) in [6, 6.07) is 16.7. The Morgan fingerprint density at radius 2 is 1.67 bits per heavy atom. The molecule has 4 heteroatoms. The molecule has 2 aromatic rings. The van der Waals surface area contributed by atoms with Gasteiger partial charge in [-0.2, -0.15) is 5.26 Å². The summed E-state index contributed by atoms with van der Waals surface area (Å²) in [7, 11) is 0. The van der Waals surface area contributed by atoms with Crippen molar-refractivity contribution < 1.29 is 14.3 Å².